The van der Waals surface area contributed by atoms with Gasteiger partial charge in [0.25, 0.3) is 5.91 Å². The molecule has 5 rings (SSSR count). The van der Waals surface area contributed by atoms with E-state index < -0.39 is 12.1 Å². The molecule has 0 unspecified atom stereocenters. The molecule has 2 aliphatic carbocycles. The number of hydrogen-bond donors (Lipinski definition) is 2. The molecule has 2 aliphatic heterocycles. The fraction of sp³-hybridized carbons (Fsp3) is 0.600. The van der Waals surface area contributed by atoms with Gasteiger partial charge < -0.3 is 20.3 Å². The van der Waals surface area contributed by atoms with E-state index >= 15 is 0 Å². The van der Waals surface area contributed by atoms with Crippen molar-refractivity contribution in [2.75, 3.05) is 13.2 Å². The van der Waals surface area contributed by atoms with Gasteiger partial charge >= 0.3 is 0 Å². The molecule has 2 saturated heterocycles. The number of rotatable bonds is 7. The van der Waals surface area contributed by atoms with Crippen LogP contribution in [0.25, 0.3) is 0 Å². The number of carbonyl (C=O) groups excluding carboxylic acids is 3. The minimum atomic E-state index is -0.797. The van der Waals surface area contributed by atoms with Crippen LogP contribution >= 0.6 is 23.2 Å². The highest BCUT2D eigenvalue weighted by atomic mass is 35.5. The summed E-state index contributed by atoms with van der Waals surface area (Å²) in [5.74, 6) is -0.456. The highest BCUT2D eigenvalue weighted by molar-refractivity contribution is 6.35. The number of nitrogens with one attached hydrogen (secondary N) is 2. The Morgan fingerprint density at radius 1 is 1.34 bits per heavy atom. The quantitative estimate of drug-likeness (QED) is 0.576. The summed E-state index contributed by atoms with van der Waals surface area (Å²) < 4.78 is 5.61. The van der Waals surface area contributed by atoms with Gasteiger partial charge in [0.15, 0.2) is 6.61 Å². The molecule has 1 spiro atoms. The lowest BCUT2D eigenvalue weighted by Crippen LogP contribution is -2.53. The van der Waals surface area contributed by atoms with E-state index in [-0.39, 0.29) is 59.5 Å². The molecule has 2 saturated carbocycles. The van der Waals surface area contributed by atoms with Crippen molar-refractivity contribution in [2.24, 2.45) is 23.2 Å². The molecule has 0 aromatic heterocycles. The summed E-state index contributed by atoms with van der Waals surface area (Å²) in [6.07, 6.45) is 2.92. The van der Waals surface area contributed by atoms with Gasteiger partial charge in [0.05, 0.1) is 11.1 Å². The molecule has 2 N–H and O–H groups in total. The molecule has 10 heteroatoms. The molecule has 8 nitrogen and oxygen atoms in total. The van der Waals surface area contributed by atoms with Crippen molar-refractivity contribution in [1.82, 2.24) is 15.5 Å². The van der Waals surface area contributed by atoms with Crippen LogP contribution < -0.4 is 15.4 Å². The topological polar surface area (TPSA) is 112 Å². The Morgan fingerprint density at radius 3 is 2.71 bits per heavy atom. The number of fused-ring (bicyclic) bond motifs is 1. The summed E-state index contributed by atoms with van der Waals surface area (Å²) in [6, 6.07) is 5.40. The van der Waals surface area contributed by atoms with Crippen molar-refractivity contribution < 1.29 is 19.1 Å². The van der Waals surface area contributed by atoms with E-state index in [1.54, 1.807) is 17.0 Å². The molecular formula is C25H28Cl2N4O4. The van der Waals surface area contributed by atoms with Gasteiger partial charge in [0.1, 0.15) is 17.8 Å². The van der Waals surface area contributed by atoms with E-state index in [2.05, 4.69) is 30.6 Å². The third-order valence-corrected chi connectivity index (χ3v) is 8.82. The van der Waals surface area contributed by atoms with Crippen LogP contribution in [0.15, 0.2) is 18.2 Å². The summed E-state index contributed by atoms with van der Waals surface area (Å²) in [7, 11) is 0. The number of halogens is 2. The summed E-state index contributed by atoms with van der Waals surface area (Å²) in [4.78, 5) is 40.3. The normalized spacial score (nSPS) is 29.7. The zero-order valence-corrected chi connectivity index (χ0v) is 21.2. The molecule has 4 fully saturated rings. The third kappa shape index (κ3) is 4.45. The average Bonchev–Trinajstić information content (AvgIpc) is 3.51. The van der Waals surface area contributed by atoms with Crippen LogP contribution in [0, 0.1) is 34.5 Å². The largest absolute Gasteiger partial charge is 0.482 e. The van der Waals surface area contributed by atoms with E-state index in [1.807, 2.05) is 0 Å². The molecule has 0 radical (unpaired) electrons. The molecule has 5 atom stereocenters. The van der Waals surface area contributed by atoms with Gasteiger partial charge in [-0.25, -0.2) is 0 Å². The van der Waals surface area contributed by atoms with Crippen LogP contribution in [0.1, 0.15) is 39.5 Å². The van der Waals surface area contributed by atoms with Crippen molar-refractivity contribution in [3.63, 3.8) is 0 Å². The first-order chi connectivity index (χ1) is 16.5. The van der Waals surface area contributed by atoms with Crippen LogP contribution in [-0.2, 0) is 14.4 Å². The minimum Gasteiger partial charge on any atom is -0.482 e. The first-order valence-electron chi connectivity index (χ1n) is 11.9. The Balaban J connectivity index is 1.24. The number of piperidine rings is 1. The highest BCUT2D eigenvalue weighted by Gasteiger charge is 2.69. The van der Waals surface area contributed by atoms with Gasteiger partial charge in [-0.3, -0.25) is 14.4 Å². The van der Waals surface area contributed by atoms with Crippen molar-refractivity contribution in [3.8, 4) is 11.8 Å². The Kier molecular flexibility index (Phi) is 5.92. The average molecular weight is 519 g/mol. The molecule has 4 aliphatic rings. The minimum absolute atomic E-state index is 0.00873. The Bertz CT molecular complexity index is 1130. The molecule has 2 heterocycles. The fourth-order valence-corrected chi connectivity index (χ4v) is 6.46. The molecule has 1 aromatic carbocycles. The zero-order valence-electron chi connectivity index (χ0n) is 19.6. The molecular weight excluding hydrogens is 491 g/mol. The maximum atomic E-state index is 13.4. The first-order valence-corrected chi connectivity index (χ1v) is 12.7. The van der Waals surface area contributed by atoms with Crippen LogP contribution in [-0.4, -0.2) is 53.4 Å². The number of benzene rings is 1. The lowest BCUT2D eigenvalue weighted by Gasteiger charge is -2.30. The molecule has 186 valence electrons. The number of amides is 3. The second kappa shape index (κ2) is 8.56. The first kappa shape index (κ1) is 24.2. The highest BCUT2D eigenvalue weighted by Crippen LogP contribution is 2.64. The molecule has 0 bridgehead atoms. The zero-order chi connectivity index (χ0) is 25.1. The fourth-order valence-electron chi connectivity index (χ4n) is 5.99. The number of likely N-dealkylation sites (tertiary alicyclic amines) is 1. The monoisotopic (exact) mass is 518 g/mol. The Hall–Kier alpha value is -2.50. The van der Waals surface area contributed by atoms with Crippen LogP contribution in [0.4, 0.5) is 0 Å². The maximum Gasteiger partial charge on any atom is 0.261 e. The second-order valence-corrected chi connectivity index (χ2v) is 11.7. The van der Waals surface area contributed by atoms with Crippen LogP contribution in [0.3, 0.4) is 0 Å². The third-order valence-electron chi connectivity index (χ3n) is 8.28. The number of hydrogen-bond acceptors (Lipinski definition) is 5. The number of nitrogens with zero attached hydrogens (tertiary/aromatic N) is 2. The van der Waals surface area contributed by atoms with E-state index in [0.717, 1.165) is 12.8 Å². The van der Waals surface area contributed by atoms with E-state index in [0.29, 0.717) is 28.8 Å². The van der Waals surface area contributed by atoms with Gasteiger partial charge in [0.2, 0.25) is 11.8 Å². The lowest BCUT2D eigenvalue weighted by molar-refractivity contribution is -0.142. The van der Waals surface area contributed by atoms with Gasteiger partial charge in [-0.15, -0.1) is 0 Å². The summed E-state index contributed by atoms with van der Waals surface area (Å²) >= 11 is 12.0. The maximum absolute atomic E-state index is 13.4. The molecule has 3 amide bonds. The van der Waals surface area contributed by atoms with Crippen LogP contribution in [0.5, 0.6) is 5.75 Å². The van der Waals surface area contributed by atoms with Crippen molar-refractivity contribution >= 4 is 40.9 Å². The molecule has 1 aromatic rings. The lowest BCUT2D eigenvalue weighted by atomic mass is 9.95. The van der Waals surface area contributed by atoms with Gasteiger partial charge in [-0.1, -0.05) is 37.0 Å². The smallest absolute Gasteiger partial charge is 0.261 e. The van der Waals surface area contributed by atoms with Gasteiger partial charge in [-0.05, 0) is 61.1 Å². The number of ether oxygens (including phenoxy) is 1. The Labute approximate surface area is 214 Å². The van der Waals surface area contributed by atoms with Gasteiger partial charge in [0, 0.05) is 23.0 Å². The summed E-state index contributed by atoms with van der Waals surface area (Å²) in [5, 5.41) is 16.3. The van der Waals surface area contributed by atoms with E-state index in [9.17, 15) is 19.6 Å². The second-order valence-electron chi connectivity index (χ2n) is 10.9. The predicted octanol–water partition coefficient (Wildman–Crippen LogP) is 2.92. The van der Waals surface area contributed by atoms with Gasteiger partial charge in [-0.2, -0.15) is 5.26 Å². The van der Waals surface area contributed by atoms with Crippen molar-refractivity contribution in [3.05, 3.63) is 28.2 Å². The van der Waals surface area contributed by atoms with Crippen molar-refractivity contribution in [2.45, 2.75) is 57.2 Å². The molecule has 35 heavy (non-hydrogen) atoms. The van der Waals surface area contributed by atoms with Crippen molar-refractivity contribution in [1.29, 1.82) is 5.26 Å². The standard InChI is InChI=1S/C25H28Cl2N4O4/c1-24(2)16-11-31(19(32)12-35-18-4-3-14(26)8-17(18)27)21(20(16)24)23(34)29-15(10-28)7-13-9-25(5-6-25)30-22(13)33/h3-4,8,13,15-16,20-21H,5-7,9,11-12H2,1-2H3,(H,29,34)(H,30,33)/t13-,15+,16+,20+,21+/m1/s1. The Morgan fingerprint density at radius 2 is 2.09 bits per heavy atom. The SMILES string of the molecule is CC1(C)[C@@H]2[C@@H](C(=O)N[C@H](C#N)C[C@@H]3CC4(CC4)NC3=O)N(C(=O)COc3ccc(Cl)cc3Cl)C[C@@H]21. The summed E-state index contributed by atoms with van der Waals surface area (Å²) in [5.41, 5.74) is -0.149. The van der Waals surface area contributed by atoms with E-state index in [1.165, 1.54) is 6.07 Å². The number of carbonyl (C=O) groups is 3. The van der Waals surface area contributed by atoms with Crippen LogP contribution in [0.2, 0.25) is 10.0 Å². The summed E-state index contributed by atoms with van der Waals surface area (Å²) in [6.45, 7) is 4.37. The number of nitriles is 1. The predicted molar refractivity (Wildman–Crippen MR) is 129 cm³/mol. The van der Waals surface area contributed by atoms with E-state index in [4.69, 9.17) is 27.9 Å².